The molecule has 0 aliphatic rings. The van der Waals surface area contributed by atoms with Crippen LogP contribution in [0.15, 0.2) is 80.4 Å². The maximum absolute atomic E-state index is 13.1. The smallest absolute Gasteiger partial charge is 0.379 e. The number of hydrogen-bond acceptors (Lipinski definition) is 8. The fourth-order valence-electron chi connectivity index (χ4n) is 3.62. The van der Waals surface area contributed by atoms with Crippen molar-refractivity contribution >= 4 is 45.5 Å². The zero-order valence-electron chi connectivity index (χ0n) is 19.0. The van der Waals surface area contributed by atoms with Crippen molar-refractivity contribution in [1.29, 1.82) is 0 Å². The quantitative estimate of drug-likeness (QED) is 0.203. The topological polar surface area (TPSA) is 105 Å². The number of furan rings is 1. The Bertz CT molecular complexity index is 1700. The summed E-state index contributed by atoms with van der Waals surface area (Å²) in [5.74, 6) is -0.455. The van der Waals surface area contributed by atoms with Crippen molar-refractivity contribution in [3.63, 3.8) is 0 Å². The molecule has 9 heteroatoms. The molecule has 0 radical (unpaired) electrons. The Balaban J connectivity index is 1.39. The summed E-state index contributed by atoms with van der Waals surface area (Å²) >= 11 is 5.98. The van der Waals surface area contributed by atoms with Crippen molar-refractivity contribution in [3.05, 3.63) is 99.1 Å². The van der Waals surface area contributed by atoms with Crippen LogP contribution in [0.2, 0.25) is 5.02 Å². The van der Waals surface area contributed by atoms with Crippen LogP contribution in [-0.4, -0.2) is 19.0 Å². The Morgan fingerprint density at radius 1 is 0.833 bits per heavy atom. The minimum atomic E-state index is -0.712. The predicted molar refractivity (Wildman–Crippen MR) is 131 cm³/mol. The van der Waals surface area contributed by atoms with Gasteiger partial charge in [0.05, 0.1) is 18.1 Å². The van der Waals surface area contributed by atoms with Crippen LogP contribution in [0.3, 0.4) is 0 Å². The van der Waals surface area contributed by atoms with E-state index in [9.17, 15) is 14.4 Å². The molecule has 0 amide bonds. The zero-order chi connectivity index (χ0) is 25.4. The molecule has 0 unspecified atom stereocenters. The highest BCUT2D eigenvalue weighted by atomic mass is 35.5. The first-order valence-corrected chi connectivity index (χ1v) is 11.0. The monoisotopic (exact) mass is 504 g/mol. The Morgan fingerprint density at radius 2 is 1.58 bits per heavy atom. The Hall–Kier alpha value is -4.56. The number of carbonyl (C=O) groups excluding carboxylic acids is 2. The average Bonchev–Trinajstić information content (AvgIpc) is 3.30. The molecular weight excluding hydrogens is 488 g/mol. The SMILES string of the molecule is COC(=O)c1ccc(Oc2c(C)oc3cc(OC(=O)c4cc5cc(Cl)ccc5o4)ccc3c2=O)cc1. The first-order chi connectivity index (χ1) is 17.3. The number of methoxy groups -OCH3 is 1. The predicted octanol–water partition coefficient (Wildman–Crippen LogP) is 6.30. The Morgan fingerprint density at radius 3 is 2.33 bits per heavy atom. The first kappa shape index (κ1) is 23.2. The lowest BCUT2D eigenvalue weighted by atomic mass is 10.2. The van der Waals surface area contributed by atoms with Gasteiger partial charge in [-0.3, -0.25) is 4.79 Å². The van der Waals surface area contributed by atoms with E-state index < -0.39 is 17.4 Å². The highest BCUT2D eigenvalue weighted by Crippen LogP contribution is 2.29. The van der Waals surface area contributed by atoms with Gasteiger partial charge in [0.15, 0.2) is 0 Å². The van der Waals surface area contributed by atoms with E-state index in [4.69, 9.17) is 29.9 Å². The van der Waals surface area contributed by atoms with Crippen molar-refractivity contribution in [2.75, 3.05) is 7.11 Å². The van der Waals surface area contributed by atoms with E-state index in [1.54, 1.807) is 37.3 Å². The second-order valence-corrected chi connectivity index (χ2v) is 8.21. The van der Waals surface area contributed by atoms with E-state index in [-0.39, 0.29) is 34.0 Å². The standard InChI is InChI=1S/C27H17ClO8/c1-14-25(34-18-6-3-15(4-7-18)26(30)32-2)24(29)20-9-8-19(13-22(20)33-14)35-27(31)23-12-16-11-17(28)5-10-21(16)36-23/h3-13H,1-2H3. The third kappa shape index (κ3) is 4.42. The highest BCUT2D eigenvalue weighted by molar-refractivity contribution is 6.31. The van der Waals surface area contributed by atoms with Gasteiger partial charge in [0.25, 0.3) is 0 Å². The second-order valence-electron chi connectivity index (χ2n) is 7.77. The molecule has 36 heavy (non-hydrogen) atoms. The molecule has 0 saturated heterocycles. The number of halogens is 1. The molecule has 0 N–H and O–H groups in total. The summed E-state index contributed by atoms with van der Waals surface area (Å²) in [7, 11) is 1.29. The molecule has 5 aromatic rings. The number of aryl methyl sites for hydroxylation is 1. The number of esters is 2. The summed E-state index contributed by atoms with van der Waals surface area (Å²) in [5, 5.41) is 1.42. The molecule has 5 rings (SSSR count). The van der Waals surface area contributed by atoms with Crippen LogP contribution in [0, 0.1) is 6.92 Å². The number of carbonyl (C=O) groups is 2. The summed E-state index contributed by atoms with van der Waals surface area (Å²) in [6.45, 7) is 1.58. The zero-order valence-corrected chi connectivity index (χ0v) is 19.8. The van der Waals surface area contributed by atoms with E-state index in [1.165, 1.54) is 43.5 Å². The maximum Gasteiger partial charge on any atom is 0.379 e. The number of rotatable bonds is 5. The molecule has 0 aliphatic carbocycles. The van der Waals surface area contributed by atoms with Gasteiger partial charge in [-0.15, -0.1) is 0 Å². The first-order valence-electron chi connectivity index (χ1n) is 10.7. The summed E-state index contributed by atoms with van der Waals surface area (Å²) in [6, 6.07) is 17.1. The summed E-state index contributed by atoms with van der Waals surface area (Å²) < 4.78 is 27.1. The minimum absolute atomic E-state index is 0.000927. The Kier molecular flexibility index (Phi) is 5.95. The van der Waals surface area contributed by atoms with Crippen molar-refractivity contribution in [2.45, 2.75) is 6.92 Å². The lowest BCUT2D eigenvalue weighted by molar-refractivity contribution is 0.0600. The molecule has 180 valence electrons. The van der Waals surface area contributed by atoms with Gasteiger partial charge in [0, 0.05) is 16.5 Å². The molecule has 2 heterocycles. The average molecular weight is 505 g/mol. The van der Waals surface area contributed by atoms with Crippen LogP contribution in [0.1, 0.15) is 26.7 Å². The normalized spacial score (nSPS) is 11.0. The van der Waals surface area contributed by atoms with Crippen LogP contribution in [0.25, 0.3) is 21.9 Å². The van der Waals surface area contributed by atoms with E-state index in [2.05, 4.69) is 4.74 Å². The van der Waals surface area contributed by atoms with E-state index >= 15 is 0 Å². The molecule has 8 nitrogen and oxygen atoms in total. The van der Waals surface area contributed by atoms with Gasteiger partial charge >= 0.3 is 11.9 Å². The molecule has 0 bridgehead atoms. The summed E-state index contributed by atoms with van der Waals surface area (Å²) in [6.07, 6.45) is 0. The van der Waals surface area contributed by atoms with Crippen LogP contribution in [-0.2, 0) is 4.74 Å². The number of fused-ring (bicyclic) bond motifs is 2. The fourth-order valence-corrected chi connectivity index (χ4v) is 3.80. The van der Waals surface area contributed by atoms with Gasteiger partial charge in [-0.25, -0.2) is 9.59 Å². The van der Waals surface area contributed by atoms with Gasteiger partial charge in [0.1, 0.15) is 28.4 Å². The maximum atomic E-state index is 13.1. The number of hydrogen-bond donors (Lipinski definition) is 0. The lowest BCUT2D eigenvalue weighted by Crippen LogP contribution is -2.09. The van der Waals surface area contributed by atoms with Crippen molar-refractivity contribution < 1.29 is 32.6 Å². The van der Waals surface area contributed by atoms with Crippen LogP contribution in [0.5, 0.6) is 17.2 Å². The van der Waals surface area contributed by atoms with Crippen LogP contribution >= 0.6 is 11.6 Å². The summed E-state index contributed by atoms with van der Waals surface area (Å²) in [4.78, 5) is 37.3. The van der Waals surface area contributed by atoms with E-state index in [0.717, 1.165) is 0 Å². The summed E-state index contributed by atoms with van der Waals surface area (Å²) in [5.41, 5.74) is 0.657. The number of ether oxygens (including phenoxy) is 3. The third-order valence-electron chi connectivity index (χ3n) is 5.37. The fraction of sp³-hybridized carbons (Fsp3) is 0.0741. The van der Waals surface area contributed by atoms with Crippen molar-refractivity contribution in [1.82, 2.24) is 0 Å². The van der Waals surface area contributed by atoms with Gasteiger partial charge in [-0.2, -0.15) is 0 Å². The van der Waals surface area contributed by atoms with Gasteiger partial charge < -0.3 is 23.0 Å². The van der Waals surface area contributed by atoms with Crippen LogP contribution in [0.4, 0.5) is 0 Å². The van der Waals surface area contributed by atoms with E-state index in [0.29, 0.717) is 27.3 Å². The highest BCUT2D eigenvalue weighted by Gasteiger charge is 2.18. The molecule has 0 atom stereocenters. The lowest BCUT2D eigenvalue weighted by Gasteiger charge is -2.10. The van der Waals surface area contributed by atoms with E-state index in [1.807, 2.05) is 0 Å². The van der Waals surface area contributed by atoms with Crippen LogP contribution < -0.4 is 14.9 Å². The number of benzene rings is 3. The van der Waals surface area contributed by atoms with Gasteiger partial charge in [0.2, 0.25) is 16.9 Å². The molecule has 0 saturated carbocycles. The molecule has 0 fully saturated rings. The van der Waals surface area contributed by atoms with Crippen molar-refractivity contribution in [3.8, 4) is 17.2 Å². The molecule has 2 aromatic heterocycles. The minimum Gasteiger partial charge on any atom is -0.465 e. The van der Waals surface area contributed by atoms with Crippen molar-refractivity contribution in [2.24, 2.45) is 0 Å². The molecule has 3 aromatic carbocycles. The third-order valence-corrected chi connectivity index (χ3v) is 5.61. The van der Waals surface area contributed by atoms with Gasteiger partial charge in [-0.1, -0.05) is 11.6 Å². The molecular formula is C27H17ClO8. The second kappa shape index (κ2) is 9.24. The Labute approximate surface area is 208 Å². The van der Waals surface area contributed by atoms with Gasteiger partial charge in [-0.05, 0) is 67.6 Å². The largest absolute Gasteiger partial charge is 0.465 e. The molecule has 0 aliphatic heterocycles. The molecule has 0 spiro atoms.